The van der Waals surface area contributed by atoms with Gasteiger partial charge in [-0.2, -0.15) is 0 Å². The first kappa shape index (κ1) is 15.6. The fraction of sp³-hybridized carbons (Fsp3) is 0.381. The molecule has 2 aromatic rings. The summed E-state index contributed by atoms with van der Waals surface area (Å²) >= 11 is 5.66. The maximum absolute atomic E-state index is 5.66. The summed E-state index contributed by atoms with van der Waals surface area (Å²) in [6, 6.07) is 21.7. The van der Waals surface area contributed by atoms with E-state index in [2.05, 4.69) is 71.3 Å². The van der Waals surface area contributed by atoms with Gasteiger partial charge in [-0.15, -0.1) is 0 Å². The van der Waals surface area contributed by atoms with E-state index in [4.69, 9.17) is 12.2 Å². The van der Waals surface area contributed by atoms with Crippen molar-refractivity contribution >= 4 is 17.3 Å². The van der Waals surface area contributed by atoms with Crippen LogP contribution in [-0.4, -0.2) is 11.2 Å². The second-order valence-corrected chi connectivity index (χ2v) is 7.56. The van der Waals surface area contributed by atoms with Gasteiger partial charge in [0.25, 0.3) is 0 Å². The summed E-state index contributed by atoms with van der Waals surface area (Å²) in [5.74, 6) is 1.75. The van der Waals surface area contributed by atoms with E-state index in [9.17, 15) is 0 Å². The molecule has 0 amide bonds. The summed E-state index contributed by atoms with van der Waals surface area (Å²) in [4.78, 5) is 0. The molecule has 0 spiro atoms. The molecule has 2 N–H and O–H groups in total. The first-order chi connectivity index (χ1) is 11.8. The predicted octanol–water partition coefficient (Wildman–Crippen LogP) is 4.43. The van der Waals surface area contributed by atoms with E-state index >= 15 is 0 Å². The molecule has 2 bridgehead atoms. The zero-order valence-electron chi connectivity index (χ0n) is 13.8. The highest BCUT2D eigenvalue weighted by Crippen LogP contribution is 2.44. The van der Waals surface area contributed by atoms with Gasteiger partial charge in [-0.05, 0) is 54.4 Å². The molecule has 24 heavy (non-hydrogen) atoms. The summed E-state index contributed by atoms with van der Waals surface area (Å²) in [6.07, 6.45) is 5.46. The van der Waals surface area contributed by atoms with E-state index in [1.807, 2.05) is 0 Å². The fourth-order valence-corrected chi connectivity index (χ4v) is 4.68. The van der Waals surface area contributed by atoms with E-state index in [0.29, 0.717) is 6.04 Å². The monoisotopic (exact) mass is 336 g/mol. The Balaban J connectivity index is 1.48. The number of hydrogen-bond acceptors (Lipinski definition) is 1. The summed E-state index contributed by atoms with van der Waals surface area (Å²) < 4.78 is 0. The van der Waals surface area contributed by atoms with E-state index in [1.165, 1.54) is 36.8 Å². The third-order valence-corrected chi connectivity index (χ3v) is 5.83. The third kappa shape index (κ3) is 3.32. The Morgan fingerprint density at radius 2 is 1.50 bits per heavy atom. The summed E-state index contributed by atoms with van der Waals surface area (Å²) in [6.45, 7) is 0. The Kier molecular flexibility index (Phi) is 4.52. The van der Waals surface area contributed by atoms with E-state index < -0.39 is 0 Å². The van der Waals surface area contributed by atoms with Crippen molar-refractivity contribution in [1.82, 2.24) is 10.6 Å². The minimum Gasteiger partial charge on any atom is -0.360 e. The fourth-order valence-electron chi connectivity index (χ4n) is 4.41. The Morgan fingerprint density at radius 1 is 0.875 bits per heavy atom. The predicted molar refractivity (Wildman–Crippen MR) is 103 cm³/mol. The average Bonchev–Trinajstić information content (AvgIpc) is 3.24. The van der Waals surface area contributed by atoms with Crippen LogP contribution in [0.1, 0.15) is 42.9 Å². The Morgan fingerprint density at radius 3 is 2.00 bits per heavy atom. The van der Waals surface area contributed by atoms with Gasteiger partial charge in [0, 0.05) is 6.04 Å². The van der Waals surface area contributed by atoms with Crippen LogP contribution in [0.15, 0.2) is 60.7 Å². The topological polar surface area (TPSA) is 24.1 Å². The van der Waals surface area contributed by atoms with Crippen LogP contribution in [0.25, 0.3) is 0 Å². The zero-order chi connectivity index (χ0) is 16.4. The molecule has 2 aliphatic rings. The van der Waals surface area contributed by atoms with Gasteiger partial charge in [0.1, 0.15) is 0 Å². The molecule has 3 atom stereocenters. The quantitative estimate of drug-likeness (QED) is 0.808. The minimum atomic E-state index is 0.0889. The normalized spacial score (nSPS) is 25.0. The lowest BCUT2D eigenvalue weighted by atomic mass is 9.95. The first-order valence-electron chi connectivity index (χ1n) is 8.96. The number of thiocarbonyl (C=S) groups is 1. The van der Waals surface area contributed by atoms with Gasteiger partial charge in [0.05, 0.1) is 6.04 Å². The summed E-state index contributed by atoms with van der Waals surface area (Å²) in [7, 11) is 0. The van der Waals surface area contributed by atoms with Gasteiger partial charge in [0.2, 0.25) is 0 Å². The second-order valence-electron chi connectivity index (χ2n) is 7.15. The van der Waals surface area contributed by atoms with Crippen LogP contribution in [0.5, 0.6) is 0 Å². The molecule has 0 saturated heterocycles. The number of rotatable bonds is 4. The Bertz CT molecular complexity index is 646. The van der Waals surface area contributed by atoms with Crippen LogP contribution >= 0.6 is 12.2 Å². The lowest BCUT2D eigenvalue weighted by molar-refractivity contribution is 0.388. The largest absolute Gasteiger partial charge is 0.360 e. The van der Waals surface area contributed by atoms with Crippen molar-refractivity contribution in [3.8, 4) is 0 Å². The highest BCUT2D eigenvalue weighted by atomic mass is 32.1. The maximum Gasteiger partial charge on any atom is 0.167 e. The highest BCUT2D eigenvalue weighted by molar-refractivity contribution is 7.80. The lowest BCUT2D eigenvalue weighted by Gasteiger charge is -2.27. The SMILES string of the molecule is S=C(NC(c1ccccc1)c1ccccc1)N[C@@H]1C[C@H]2CC[C@@H]1C2. The molecule has 124 valence electrons. The molecular weight excluding hydrogens is 312 g/mol. The molecule has 0 radical (unpaired) electrons. The average molecular weight is 337 g/mol. The maximum atomic E-state index is 5.66. The standard InChI is InChI=1S/C21H24N2S/c24-21(22-19-14-15-11-12-18(19)13-15)23-20(16-7-3-1-4-8-16)17-9-5-2-6-10-17/h1-10,15,18-20H,11-14H2,(H2,22,23,24)/t15-,18+,19+/m0/s1. The van der Waals surface area contributed by atoms with Crippen LogP contribution in [0.4, 0.5) is 0 Å². The molecule has 2 saturated carbocycles. The van der Waals surface area contributed by atoms with Crippen molar-refractivity contribution < 1.29 is 0 Å². The van der Waals surface area contributed by atoms with Gasteiger partial charge in [0.15, 0.2) is 5.11 Å². The zero-order valence-corrected chi connectivity index (χ0v) is 14.6. The third-order valence-electron chi connectivity index (χ3n) is 5.60. The summed E-state index contributed by atoms with van der Waals surface area (Å²) in [5.41, 5.74) is 2.47. The van der Waals surface area contributed by atoms with Gasteiger partial charge in [-0.1, -0.05) is 67.1 Å². The number of nitrogens with one attached hydrogen (secondary N) is 2. The van der Waals surface area contributed by atoms with Crippen LogP contribution < -0.4 is 10.6 Å². The van der Waals surface area contributed by atoms with Crippen LogP contribution in [0.3, 0.4) is 0 Å². The number of fused-ring (bicyclic) bond motifs is 2. The van der Waals surface area contributed by atoms with Crippen molar-refractivity contribution in [2.75, 3.05) is 0 Å². The smallest absolute Gasteiger partial charge is 0.167 e. The number of hydrogen-bond donors (Lipinski definition) is 2. The van der Waals surface area contributed by atoms with Crippen LogP contribution in [0.2, 0.25) is 0 Å². The van der Waals surface area contributed by atoms with Crippen molar-refractivity contribution in [1.29, 1.82) is 0 Å². The molecule has 0 unspecified atom stereocenters. The second kappa shape index (κ2) is 6.94. The molecular formula is C21H24N2S. The van der Waals surface area contributed by atoms with Crippen molar-refractivity contribution in [2.24, 2.45) is 11.8 Å². The Hall–Kier alpha value is -1.87. The Labute approximate surface area is 149 Å². The van der Waals surface area contributed by atoms with Crippen molar-refractivity contribution in [2.45, 2.75) is 37.8 Å². The molecule has 0 aliphatic heterocycles. The highest BCUT2D eigenvalue weighted by Gasteiger charge is 2.39. The van der Waals surface area contributed by atoms with Crippen LogP contribution in [0, 0.1) is 11.8 Å². The molecule has 2 fully saturated rings. The van der Waals surface area contributed by atoms with E-state index in [-0.39, 0.29) is 6.04 Å². The van der Waals surface area contributed by atoms with Crippen LogP contribution in [-0.2, 0) is 0 Å². The minimum absolute atomic E-state index is 0.0889. The molecule has 4 rings (SSSR count). The van der Waals surface area contributed by atoms with Crippen molar-refractivity contribution in [3.63, 3.8) is 0 Å². The molecule has 2 aliphatic carbocycles. The van der Waals surface area contributed by atoms with E-state index in [0.717, 1.165) is 16.9 Å². The van der Waals surface area contributed by atoms with Gasteiger partial charge in [-0.25, -0.2) is 0 Å². The van der Waals surface area contributed by atoms with Gasteiger partial charge in [-0.3, -0.25) is 0 Å². The van der Waals surface area contributed by atoms with E-state index in [1.54, 1.807) is 0 Å². The molecule has 0 heterocycles. The first-order valence-corrected chi connectivity index (χ1v) is 9.37. The molecule has 2 nitrogen and oxygen atoms in total. The molecule has 0 aromatic heterocycles. The van der Waals surface area contributed by atoms with Crippen molar-refractivity contribution in [3.05, 3.63) is 71.8 Å². The molecule has 3 heteroatoms. The molecule has 2 aromatic carbocycles. The summed E-state index contributed by atoms with van der Waals surface area (Å²) in [5, 5.41) is 7.94. The number of benzene rings is 2. The lowest BCUT2D eigenvalue weighted by Crippen LogP contribution is -2.45. The van der Waals surface area contributed by atoms with Gasteiger partial charge >= 0.3 is 0 Å². The van der Waals surface area contributed by atoms with Gasteiger partial charge < -0.3 is 10.6 Å².